The third-order valence-corrected chi connectivity index (χ3v) is 4.03. The second kappa shape index (κ2) is 5.28. The van der Waals surface area contributed by atoms with Gasteiger partial charge in [0.05, 0.1) is 0 Å². The minimum atomic E-state index is 0.997. The summed E-state index contributed by atoms with van der Waals surface area (Å²) in [7, 11) is 0. The normalized spacial score (nSPS) is 14.8. The van der Waals surface area contributed by atoms with Crippen molar-refractivity contribution in [2.45, 2.75) is 46.5 Å². The molecule has 3 rings (SSSR count). The Kier molecular flexibility index (Phi) is 3.47. The number of aromatic nitrogens is 1. The molecule has 20 heavy (non-hydrogen) atoms. The van der Waals surface area contributed by atoms with Crippen LogP contribution in [0.5, 0.6) is 0 Å². The van der Waals surface area contributed by atoms with E-state index in [9.17, 15) is 0 Å². The Balaban J connectivity index is 2.17. The van der Waals surface area contributed by atoms with Crippen LogP contribution in [0.3, 0.4) is 0 Å². The Morgan fingerprint density at radius 2 is 1.80 bits per heavy atom. The zero-order valence-electron chi connectivity index (χ0n) is 12.5. The molecule has 2 heteroatoms. The molecule has 0 atom stereocenters. The number of nitrogens with zero attached hydrogens (tertiary/aromatic N) is 1. The van der Waals surface area contributed by atoms with Gasteiger partial charge in [0.1, 0.15) is 11.5 Å². The van der Waals surface area contributed by atoms with Crippen molar-refractivity contribution in [2.24, 2.45) is 0 Å². The molecule has 0 unspecified atom stereocenters. The molecule has 2 nitrogen and oxygen atoms in total. The topological polar surface area (TPSA) is 26.0 Å². The first kappa shape index (κ1) is 13.2. The molecule has 0 N–H and O–H groups in total. The first-order valence-electron chi connectivity index (χ1n) is 7.40. The van der Waals surface area contributed by atoms with Crippen LogP contribution in [0.4, 0.5) is 0 Å². The van der Waals surface area contributed by atoms with E-state index in [1.54, 1.807) is 0 Å². The van der Waals surface area contributed by atoms with Crippen molar-refractivity contribution in [2.75, 3.05) is 0 Å². The summed E-state index contributed by atoms with van der Waals surface area (Å²) in [5.74, 6) is 1.04. The van der Waals surface area contributed by atoms with Gasteiger partial charge in [0.25, 0.3) is 0 Å². The molecule has 1 heterocycles. The van der Waals surface area contributed by atoms with E-state index < -0.39 is 0 Å². The van der Waals surface area contributed by atoms with Crippen molar-refractivity contribution in [1.29, 1.82) is 0 Å². The predicted molar refractivity (Wildman–Crippen MR) is 82.7 cm³/mol. The smallest absolute Gasteiger partial charge is 0.144 e. The van der Waals surface area contributed by atoms with Gasteiger partial charge >= 0.3 is 0 Å². The van der Waals surface area contributed by atoms with Crippen molar-refractivity contribution in [3.63, 3.8) is 0 Å². The van der Waals surface area contributed by atoms with E-state index in [1.165, 1.54) is 40.7 Å². The van der Waals surface area contributed by atoms with Crippen LogP contribution in [-0.2, 0) is 6.42 Å². The molecule has 1 aliphatic rings. The van der Waals surface area contributed by atoms with Gasteiger partial charge in [0, 0.05) is 17.5 Å². The Bertz CT molecular complexity index is 641. The highest BCUT2D eigenvalue weighted by Crippen LogP contribution is 2.34. The number of aryl methyl sites for hydroxylation is 4. The summed E-state index contributed by atoms with van der Waals surface area (Å²) in [4.78, 5) is 0. The van der Waals surface area contributed by atoms with Gasteiger partial charge < -0.3 is 4.52 Å². The fraction of sp³-hybridized carbons (Fsp3) is 0.389. The van der Waals surface area contributed by atoms with Crippen molar-refractivity contribution in [3.05, 3.63) is 46.2 Å². The van der Waals surface area contributed by atoms with E-state index in [2.05, 4.69) is 50.2 Å². The molecule has 0 saturated heterocycles. The van der Waals surface area contributed by atoms with Crippen molar-refractivity contribution >= 4 is 6.08 Å². The Labute approximate surface area is 120 Å². The molecule has 104 valence electrons. The monoisotopic (exact) mass is 267 g/mol. The highest BCUT2D eigenvalue weighted by atomic mass is 16.5. The van der Waals surface area contributed by atoms with Crippen LogP contribution in [-0.4, -0.2) is 5.16 Å². The molecule has 2 aromatic rings. The standard InChI is InChI=1S/C18H21NO/c1-12-10-13(2)17(14(3)11-12)18-15-8-6-4-5-7-9-16(15)20-19-18/h6,8,10-11H,4-5,7,9H2,1-3H3. The van der Waals surface area contributed by atoms with E-state index >= 15 is 0 Å². The first-order valence-corrected chi connectivity index (χ1v) is 7.40. The van der Waals surface area contributed by atoms with Crippen LogP contribution < -0.4 is 0 Å². The molecule has 0 radical (unpaired) electrons. The van der Waals surface area contributed by atoms with Crippen LogP contribution in [0.2, 0.25) is 0 Å². The summed E-state index contributed by atoms with van der Waals surface area (Å²) in [5.41, 5.74) is 7.26. The summed E-state index contributed by atoms with van der Waals surface area (Å²) in [6, 6.07) is 4.44. The number of hydrogen-bond acceptors (Lipinski definition) is 2. The van der Waals surface area contributed by atoms with Crippen LogP contribution >= 0.6 is 0 Å². The van der Waals surface area contributed by atoms with Crippen molar-refractivity contribution in [1.82, 2.24) is 5.16 Å². The van der Waals surface area contributed by atoms with E-state index in [1.807, 2.05) is 0 Å². The second-order valence-electron chi connectivity index (χ2n) is 5.79. The molecule has 1 aromatic carbocycles. The zero-order valence-corrected chi connectivity index (χ0v) is 12.5. The molecule has 0 aliphatic heterocycles. The fourth-order valence-corrected chi connectivity index (χ4v) is 3.17. The third-order valence-electron chi connectivity index (χ3n) is 4.03. The maximum Gasteiger partial charge on any atom is 0.144 e. The minimum Gasteiger partial charge on any atom is -0.360 e. The van der Waals surface area contributed by atoms with Gasteiger partial charge in [-0.25, -0.2) is 0 Å². The van der Waals surface area contributed by atoms with Crippen molar-refractivity contribution < 1.29 is 4.52 Å². The summed E-state index contributed by atoms with van der Waals surface area (Å²) in [6.45, 7) is 6.45. The lowest BCUT2D eigenvalue weighted by Gasteiger charge is -2.10. The summed E-state index contributed by atoms with van der Waals surface area (Å²) < 4.78 is 5.62. The maximum absolute atomic E-state index is 5.62. The molecule has 1 aromatic heterocycles. The number of hydrogen-bond donors (Lipinski definition) is 0. The van der Waals surface area contributed by atoms with Crippen LogP contribution in [0.15, 0.2) is 22.7 Å². The Hall–Kier alpha value is -1.83. The summed E-state index contributed by atoms with van der Waals surface area (Å²) in [5, 5.41) is 4.38. The van der Waals surface area contributed by atoms with E-state index in [0.29, 0.717) is 0 Å². The van der Waals surface area contributed by atoms with Gasteiger partial charge in [-0.05, 0) is 51.2 Å². The molecule has 0 bridgehead atoms. The van der Waals surface area contributed by atoms with Crippen LogP contribution in [0.25, 0.3) is 17.3 Å². The third kappa shape index (κ3) is 2.31. The molecular formula is C18H21NO. The summed E-state index contributed by atoms with van der Waals surface area (Å²) in [6.07, 6.45) is 9.00. The summed E-state index contributed by atoms with van der Waals surface area (Å²) >= 11 is 0. The van der Waals surface area contributed by atoms with Gasteiger partial charge in [-0.1, -0.05) is 35.0 Å². The van der Waals surface area contributed by atoms with Crippen LogP contribution in [0, 0.1) is 20.8 Å². The molecule has 0 spiro atoms. The quantitative estimate of drug-likeness (QED) is 0.726. The molecule has 0 amide bonds. The Morgan fingerprint density at radius 1 is 1.05 bits per heavy atom. The van der Waals surface area contributed by atoms with Gasteiger partial charge in [0.2, 0.25) is 0 Å². The second-order valence-corrected chi connectivity index (χ2v) is 5.79. The van der Waals surface area contributed by atoms with Crippen molar-refractivity contribution in [3.8, 4) is 11.3 Å². The number of allylic oxidation sites excluding steroid dienone is 1. The Morgan fingerprint density at radius 3 is 2.55 bits per heavy atom. The maximum atomic E-state index is 5.62. The average molecular weight is 267 g/mol. The van der Waals surface area contributed by atoms with Gasteiger partial charge in [-0.3, -0.25) is 0 Å². The van der Waals surface area contributed by atoms with E-state index in [4.69, 9.17) is 4.52 Å². The largest absolute Gasteiger partial charge is 0.360 e. The lowest BCUT2D eigenvalue weighted by molar-refractivity contribution is 0.381. The SMILES string of the molecule is Cc1cc(C)c(-c2noc3c2C=CCCCC3)c(C)c1. The van der Waals surface area contributed by atoms with Gasteiger partial charge in [-0.15, -0.1) is 0 Å². The number of fused-ring (bicyclic) bond motifs is 1. The molecule has 0 fully saturated rings. The predicted octanol–water partition coefficient (Wildman–Crippen LogP) is 5.01. The van der Waals surface area contributed by atoms with E-state index in [-0.39, 0.29) is 0 Å². The fourth-order valence-electron chi connectivity index (χ4n) is 3.17. The first-order chi connectivity index (χ1) is 9.66. The van der Waals surface area contributed by atoms with E-state index in [0.717, 1.165) is 24.3 Å². The number of rotatable bonds is 1. The lowest BCUT2D eigenvalue weighted by atomic mass is 9.93. The average Bonchev–Trinajstić information content (AvgIpc) is 2.70. The molecule has 1 aliphatic carbocycles. The lowest BCUT2D eigenvalue weighted by Crippen LogP contribution is -1.94. The minimum absolute atomic E-state index is 0.997. The highest BCUT2D eigenvalue weighted by molar-refractivity contribution is 5.77. The number of benzene rings is 1. The van der Waals surface area contributed by atoms with Gasteiger partial charge in [0.15, 0.2) is 0 Å². The highest BCUT2D eigenvalue weighted by Gasteiger charge is 2.19. The molecule has 0 saturated carbocycles. The van der Waals surface area contributed by atoms with Crippen LogP contribution in [0.1, 0.15) is 47.3 Å². The van der Waals surface area contributed by atoms with Gasteiger partial charge in [-0.2, -0.15) is 0 Å². The zero-order chi connectivity index (χ0) is 14.1. The molecular weight excluding hydrogens is 246 g/mol.